The van der Waals surface area contributed by atoms with Gasteiger partial charge < -0.3 is 14.2 Å². The first-order valence-electron chi connectivity index (χ1n) is 5.64. The summed E-state index contributed by atoms with van der Waals surface area (Å²) in [5.74, 6) is -1.41. The van der Waals surface area contributed by atoms with Crippen molar-refractivity contribution in [2.75, 3.05) is 13.2 Å². The Balaban J connectivity index is 1.73. The number of ether oxygens (including phenoxy) is 4. The van der Waals surface area contributed by atoms with E-state index in [0.29, 0.717) is 13.2 Å². The van der Waals surface area contributed by atoms with E-state index >= 15 is 0 Å². The summed E-state index contributed by atoms with van der Waals surface area (Å²) in [4.78, 5) is 0. The average molecular weight is 212 g/mol. The highest BCUT2D eigenvalue weighted by Crippen LogP contribution is 2.42. The summed E-state index contributed by atoms with van der Waals surface area (Å²) >= 11 is 0. The molecular weight excluding hydrogens is 196 g/mol. The quantitative estimate of drug-likeness (QED) is 0.614. The normalized spacial score (nSPS) is 44.8. The van der Waals surface area contributed by atoms with Gasteiger partial charge in [0.2, 0.25) is 5.79 Å². The number of rotatable bonds is 0. The van der Waals surface area contributed by atoms with Gasteiger partial charge in [0.1, 0.15) is 6.61 Å². The zero-order valence-electron chi connectivity index (χ0n) is 8.74. The molecule has 0 N–H and O–H groups in total. The van der Waals surface area contributed by atoms with Gasteiger partial charge in [-0.05, 0) is 25.3 Å². The summed E-state index contributed by atoms with van der Waals surface area (Å²) in [7, 11) is 0. The second-order valence-electron chi connectivity index (χ2n) is 4.32. The minimum absolute atomic E-state index is 0.470. The van der Waals surface area contributed by atoms with Crippen LogP contribution in [-0.4, -0.2) is 25.0 Å². The molecule has 15 heavy (non-hydrogen) atoms. The van der Waals surface area contributed by atoms with E-state index in [1.54, 1.807) is 6.26 Å². The molecule has 0 bridgehead atoms. The molecule has 0 aromatic carbocycles. The van der Waals surface area contributed by atoms with E-state index in [-0.39, 0.29) is 0 Å². The second kappa shape index (κ2) is 3.47. The van der Waals surface area contributed by atoms with Gasteiger partial charge in [0, 0.05) is 12.8 Å². The maximum absolute atomic E-state index is 5.90. The fourth-order valence-electron chi connectivity index (χ4n) is 2.28. The molecule has 84 valence electrons. The predicted molar refractivity (Wildman–Crippen MR) is 51.8 cm³/mol. The van der Waals surface area contributed by atoms with Crippen LogP contribution in [0.3, 0.4) is 0 Å². The van der Waals surface area contributed by atoms with E-state index in [1.165, 1.54) is 0 Å². The van der Waals surface area contributed by atoms with Gasteiger partial charge in [0.05, 0.1) is 12.9 Å². The Hall–Kier alpha value is -0.580. The molecule has 2 fully saturated rings. The summed E-state index contributed by atoms with van der Waals surface area (Å²) < 4.78 is 22.7. The van der Waals surface area contributed by atoms with Crippen LogP contribution in [0.1, 0.15) is 32.1 Å². The minimum atomic E-state index is -0.816. The van der Waals surface area contributed by atoms with Crippen LogP contribution in [0.25, 0.3) is 0 Å². The predicted octanol–water partition coefficient (Wildman–Crippen LogP) is 1.91. The van der Waals surface area contributed by atoms with Crippen molar-refractivity contribution >= 4 is 0 Å². The van der Waals surface area contributed by atoms with E-state index in [2.05, 4.69) is 0 Å². The highest BCUT2D eigenvalue weighted by Gasteiger charge is 2.53. The Kier molecular flexibility index (Phi) is 2.23. The van der Waals surface area contributed by atoms with Gasteiger partial charge in [0.25, 0.3) is 5.97 Å². The fraction of sp³-hybridized carbons (Fsp3) is 0.818. The fourth-order valence-corrected chi connectivity index (χ4v) is 2.28. The SMILES string of the molecule is C1=COC2(CC1)COC1(CCCCO1)O2. The third-order valence-corrected chi connectivity index (χ3v) is 3.12. The first kappa shape index (κ1) is 9.63. The van der Waals surface area contributed by atoms with Crippen molar-refractivity contribution in [3.8, 4) is 0 Å². The van der Waals surface area contributed by atoms with Gasteiger partial charge in [-0.2, -0.15) is 0 Å². The molecular formula is C11H16O4. The lowest BCUT2D eigenvalue weighted by atomic mass is 10.1. The average Bonchev–Trinajstić information content (AvgIpc) is 2.60. The zero-order valence-corrected chi connectivity index (χ0v) is 8.74. The highest BCUT2D eigenvalue weighted by molar-refractivity contribution is 4.91. The van der Waals surface area contributed by atoms with Gasteiger partial charge in [-0.25, -0.2) is 0 Å². The van der Waals surface area contributed by atoms with E-state index in [1.807, 2.05) is 6.08 Å². The first-order chi connectivity index (χ1) is 7.33. The maximum Gasteiger partial charge on any atom is 0.286 e. The summed E-state index contributed by atoms with van der Waals surface area (Å²) in [6.07, 6.45) is 8.50. The Morgan fingerprint density at radius 1 is 1.07 bits per heavy atom. The zero-order chi connectivity index (χ0) is 10.2. The number of allylic oxidation sites excluding steroid dienone is 1. The minimum Gasteiger partial charge on any atom is -0.468 e. The molecule has 2 saturated heterocycles. The lowest BCUT2D eigenvalue weighted by molar-refractivity contribution is -0.379. The largest absolute Gasteiger partial charge is 0.468 e. The molecule has 0 aliphatic carbocycles. The van der Waals surface area contributed by atoms with Crippen LogP contribution in [-0.2, 0) is 18.9 Å². The summed E-state index contributed by atoms with van der Waals surface area (Å²) in [5, 5.41) is 0. The molecule has 0 aromatic heterocycles. The van der Waals surface area contributed by atoms with Crippen LogP contribution >= 0.6 is 0 Å². The molecule has 3 rings (SSSR count). The topological polar surface area (TPSA) is 36.9 Å². The Labute approximate surface area is 89.1 Å². The lowest BCUT2D eigenvalue weighted by Crippen LogP contribution is -2.42. The molecule has 3 aliphatic heterocycles. The van der Waals surface area contributed by atoms with Crippen molar-refractivity contribution < 1.29 is 18.9 Å². The van der Waals surface area contributed by atoms with Crippen molar-refractivity contribution in [1.29, 1.82) is 0 Å². The van der Waals surface area contributed by atoms with Gasteiger partial charge in [-0.1, -0.05) is 0 Å². The summed E-state index contributed by atoms with van der Waals surface area (Å²) in [6.45, 7) is 1.18. The van der Waals surface area contributed by atoms with Crippen LogP contribution in [0.5, 0.6) is 0 Å². The third kappa shape index (κ3) is 1.67. The van der Waals surface area contributed by atoms with E-state index in [0.717, 1.165) is 32.1 Å². The summed E-state index contributed by atoms with van der Waals surface area (Å²) in [6, 6.07) is 0. The highest BCUT2D eigenvalue weighted by atomic mass is 16.9. The molecule has 4 heteroatoms. The second-order valence-corrected chi connectivity index (χ2v) is 4.32. The Morgan fingerprint density at radius 3 is 2.80 bits per heavy atom. The Morgan fingerprint density at radius 2 is 2.07 bits per heavy atom. The van der Waals surface area contributed by atoms with Gasteiger partial charge in [0.15, 0.2) is 0 Å². The molecule has 2 atom stereocenters. The van der Waals surface area contributed by atoms with Gasteiger partial charge >= 0.3 is 0 Å². The maximum atomic E-state index is 5.90. The van der Waals surface area contributed by atoms with E-state index in [9.17, 15) is 0 Å². The van der Waals surface area contributed by atoms with Crippen LogP contribution in [0.4, 0.5) is 0 Å². The molecule has 0 aromatic rings. The molecule has 0 saturated carbocycles. The molecule has 3 aliphatic rings. The molecule has 3 heterocycles. The molecule has 2 spiro atoms. The monoisotopic (exact) mass is 212 g/mol. The van der Waals surface area contributed by atoms with Crippen molar-refractivity contribution in [3.63, 3.8) is 0 Å². The standard InChI is InChI=1S/C11H16O4/c1-3-7-12-10(5-1)9-14-11(15-10)6-2-4-8-13-11/h3,7H,1-2,4-6,8-9H2. The molecule has 4 nitrogen and oxygen atoms in total. The van der Waals surface area contributed by atoms with Crippen LogP contribution in [0.2, 0.25) is 0 Å². The van der Waals surface area contributed by atoms with Crippen LogP contribution in [0.15, 0.2) is 12.3 Å². The van der Waals surface area contributed by atoms with Crippen molar-refractivity contribution in [2.45, 2.75) is 43.9 Å². The van der Waals surface area contributed by atoms with Crippen LogP contribution < -0.4 is 0 Å². The smallest absolute Gasteiger partial charge is 0.286 e. The van der Waals surface area contributed by atoms with Crippen molar-refractivity contribution in [1.82, 2.24) is 0 Å². The lowest BCUT2D eigenvalue weighted by Gasteiger charge is -2.34. The van der Waals surface area contributed by atoms with Gasteiger partial charge in [-0.15, -0.1) is 0 Å². The van der Waals surface area contributed by atoms with Crippen molar-refractivity contribution in [2.24, 2.45) is 0 Å². The number of hydrogen-bond acceptors (Lipinski definition) is 4. The first-order valence-corrected chi connectivity index (χ1v) is 5.64. The third-order valence-electron chi connectivity index (χ3n) is 3.12. The molecule has 2 unspecified atom stereocenters. The summed E-state index contributed by atoms with van der Waals surface area (Å²) in [5.41, 5.74) is 0. The molecule has 0 radical (unpaired) electrons. The Bertz CT molecular complexity index is 270. The molecule has 0 amide bonds. The van der Waals surface area contributed by atoms with E-state index < -0.39 is 11.8 Å². The van der Waals surface area contributed by atoms with Gasteiger partial charge in [-0.3, -0.25) is 4.74 Å². The van der Waals surface area contributed by atoms with Crippen molar-refractivity contribution in [3.05, 3.63) is 12.3 Å². The number of hydrogen-bond donors (Lipinski definition) is 0. The van der Waals surface area contributed by atoms with E-state index in [4.69, 9.17) is 18.9 Å². The van der Waals surface area contributed by atoms with Crippen LogP contribution in [0, 0.1) is 0 Å².